The summed E-state index contributed by atoms with van der Waals surface area (Å²) in [5, 5.41) is 3.24. The highest BCUT2D eigenvalue weighted by Gasteiger charge is 2.34. The van der Waals surface area contributed by atoms with Gasteiger partial charge < -0.3 is 5.32 Å². The molecule has 2 fully saturated rings. The monoisotopic (exact) mass is 372 g/mol. The van der Waals surface area contributed by atoms with Gasteiger partial charge in [0.05, 0.1) is 5.75 Å². The third-order valence-electron chi connectivity index (χ3n) is 6.67. The summed E-state index contributed by atoms with van der Waals surface area (Å²) in [7, 11) is -3.12. The van der Waals surface area contributed by atoms with E-state index in [-0.39, 0.29) is 17.6 Å². The van der Waals surface area contributed by atoms with E-state index < -0.39 is 10.0 Å². The highest BCUT2D eigenvalue weighted by Crippen LogP contribution is 2.40. The lowest BCUT2D eigenvalue weighted by molar-refractivity contribution is -0.127. The van der Waals surface area contributed by atoms with Gasteiger partial charge in [0.2, 0.25) is 15.9 Å². The van der Waals surface area contributed by atoms with Crippen molar-refractivity contribution in [3.05, 3.63) is 0 Å². The van der Waals surface area contributed by atoms with Crippen molar-refractivity contribution in [3.8, 4) is 0 Å². The second-order valence-corrected chi connectivity index (χ2v) is 10.7. The molecule has 0 unspecified atom stereocenters. The first-order valence-corrected chi connectivity index (χ1v) is 11.6. The number of hydrogen-bond donors (Lipinski definition) is 1. The van der Waals surface area contributed by atoms with E-state index in [9.17, 15) is 13.2 Å². The van der Waals surface area contributed by atoms with E-state index in [0.717, 1.165) is 18.8 Å². The van der Waals surface area contributed by atoms with Gasteiger partial charge in [-0.2, -0.15) is 0 Å². The highest BCUT2D eigenvalue weighted by atomic mass is 32.2. The quantitative estimate of drug-likeness (QED) is 0.779. The predicted molar refractivity (Wildman–Crippen MR) is 102 cm³/mol. The first-order valence-electron chi connectivity index (χ1n) is 9.97. The third-order valence-corrected chi connectivity index (χ3v) is 8.55. The average Bonchev–Trinajstić information content (AvgIpc) is 2.62. The van der Waals surface area contributed by atoms with Crippen LogP contribution in [0.25, 0.3) is 0 Å². The van der Waals surface area contributed by atoms with E-state index in [1.807, 2.05) is 0 Å². The first-order chi connectivity index (χ1) is 11.7. The fourth-order valence-electron chi connectivity index (χ4n) is 4.21. The van der Waals surface area contributed by atoms with Gasteiger partial charge >= 0.3 is 0 Å². The topological polar surface area (TPSA) is 66.5 Å². The Balaban J connectivity index is 1.77. The molecule has 1 N–H and O–H groups in total. The molecular formula is C19H36N2O3S. The first kappa shape index (κ1) is 20.7. The number of carbonyl (C=O) groups is 1. The minimum atomic E-state index is -3.12. The summed E-state index contributed by atoms with van der Waals surface area (Å²) >= 11 is 0. The fourth-order valence-corrected chi connectivity index (χ4v) is 5.34. The second-order valence-electron chi connectivity index (χ2n) is 8.47. The van der Waals surface area contributed by atoms with E-state index in [1.54, 1.807) is 6.92 Å². The summed E-state index contributed by atoms with van der Waals surface area (Å²) in [4.78, 5) is 12.5. The Labute approximate surface area is 154 Å². The minimum absolute atomic E-state index is 0.0342. The molecule has 6 heteroatoms. The Morgan fingerprint density at radius 2 is 1.60 bits per heavy atom. The predicted octanol–water partition coefficient (Wildman–Crippen LogP) is 3.16. The van der Waals surface area contributed by atoms with E-state index in [0.29, 0.717) is 37.4 Å². The second kappa shape index (κ2) is 8.38. The van der Waals surface area contributed by atoms with E-state index in [1.165, 1.54) is 23.6 Å². The Kier molecular flexibility index (Phi) is 6.94. The van der Waals surface area contributed by atoms with Gasteiger partial charge in [-0.1, -0.05) is 27.2 Å². The van der Waals surface area contributed by atoms with Gasteiger partial charge in [0.1, 0.15) is 0 Å². The van der Waals surface area contributed by atoms with Crippen molar-refractivity contribution in [1.29, 1.82) is 0 Å². The molecule has 0 radical (unpaired) electrons. The lowest BCUT2D eigenvalue weighted by Gasteiger charge is -2.39. The molecule has 2 rings (SSSR count). The molecule has 1 saturated carbocycles. The van der Waals surface area contributed by atoms with Crippen LogP contribution in [0.15, 0.2) is 0 Å². The molecule has 146 valence electrons. The smallest absolute Gasteiger partial charge is 0.223 e. The number of nitrogens with one attached hydrogen (secondary N) is 1. The van der Waals surface area contributed by atoms with Crippen molar-refractivity contribution in [1.82, 2.24) is 9.62 Å². The molecule has 0 aromatic carbocycles. The van der Waals surface area contributed by atoms with Crippen LogP contribution in [0.5, 0.6) is 0 Å². The van der Waals surface area contributed by atoms with Gasteiger partial charge in [0.25, 0.3) is 0 Å². The van der Waals surface area contributed by atoms with Crippen LogP contribution in [-0.2, 0) is 14.8 Å². The molecule has 0 atom stereocenters. The van der Waals surface area contributed by atoms with Crippen LogP contribution < -0.4 is 5.32 Å². The molecule has 1 aliphatic heterocycles. The summed E-state index contributed by atoms with van der Waals surface area (Å²) in [5.74, 6) is 0.995. The van der Waals surface area contributed by atoms with Crippen molar-refractivity contribution in [2.24, 2.45) is 17.3 Å². The maximum absolute atomic E-state index is 12.5. The highest BCUT2D eigenvalue weighted by molar-refractivity contribution is 7.89. The minimum Gasteiger partial charge on any atom is -0.353 e. The van der Waals surface area contributed by atoms with Crippen molar-refractivity contribution in [2.45, 2.75) is 78.7 Å². The number of hydrogen-bond acceptors (Lipinski definition) is 3. The summed E-state index contributed by atoms with van der Waals surface area (Å²) in [6.07, 6.45) is 7.02. The fraction of sp³-hybridized carbons (Fsp3) is 0.947. The SMILES string of the molecule is CCC(C)(C)C1CCC(NC(=O)C2CCN(S(=O)(=O)CC)CC2)CC1. The van der Waals surface area contributed by atoms with Crippen LogP contribution in [-0.4, -0.2) is 43.5 Å². The normalized spacial score (nSPS) is 27.2. The van der Waals surface area contributed by atoms with Gasteiger partial charge in [-0.3, -0.25) is 4.79 Å². The lowest BCUT2D eigenvalue weighted by Crippen LogP contribution is -2.46. The summed E-state index contributed by atoms with van der Waals surface area (Å²) < 4.78 is 25.4. The molecule has 0 aromatic heterocycles. The van der Waals surface area contributed by atoms with E-state index >= 15 is 0 Å². The summed E-state index contributed by atoms with van der Waals surface area (Å²) in [5.41, 5.74) is 0.395. The van der Waals surface area contributed by atoms with Crippen LogP contribution in [0, 0.1) is 17.3 Å². The largest absolute Gasteiger partial charge is 0.353 e. The standard InChI is InChI=1S/C19H36N2O3S/c1-5-19(3,4)16-7-9-17(10-8-16)20-18(22)15-11-13-21(14-12-15)25(23,24)6-2/h15-17H,5-14H2,1-4H3,(H,20,22). The van der Waals surface area contributed by atoms with Gasteiger partial charge in [-0.05, 0) is 56.8 Å². The van der Waals surface area contributed by atoms with Crippen molar-refractivity contribution in [3.63, 3.8) is 0 Å². The number of nitrogens with zero attached hydrogens (tertiary/aromatic N) is 1. The number of amides is 1. The van der Waals surface area contributed by atoms with Gasteiger partial charge in [-0.15, -0.1) is 0 Å². The van der Waals surface area contributed by atoms with Crippen molar-refractivity contribution < 1.29 is 13.2 Å². The molecule has 1 aliphatic carbocycles. The number of rotatable bonds is 6. The maximum atomic E-state index is 12.5. The van der Waals surface area contributed by atoms with Gasteiger partial charge in [-0.25, -0.2) is 12.7 Å². The summed E-state index contributed by atoms with van der Waals surface area (Å²) in [6, 6.07) is 0.300. The molecule has 5 nitrogen and oxygen atoms in total. The van der Waals surface area contributed by atoms with Crippen LogP contribution in [0.4, 0.5) is 0 Å². The number of piperidine rings is 1. The Bertz CT molecular complexity index is 543. The number of carbonyl (C=O) groups excluding carboxylic acids is 1. The molecule has 1 heterocycles. The molecule has 0 bridgehead atoms. The van der Waals surface area contributed by atoms with Crippen LogP contribution >= 0.6 is 0 Å². The van der Waals surface area contributed by atoms with Crippen LogP contribution in [0.1, 0.15) is 72.6 Å². The maximum Gasteiger partial charge on any atom is 0.223 e. The lowest BCUT2D eigenvalue weighted by atomic mass is 9.69. The Morgan fingerprint density at radius 3 is 2.08 bits per heavy atom. The number of sulfonamides is 1. The molecule has 0 aromatic rings. The van der Waals surface area contributed by atoms with E-state index in [4.69, 9.17) is 0 Å². The molecule has 25 heavy (non-hydrogen) atoms. The molecule has 0 spiro atoms. The third kappa shape index (κ3) is 5.19. The zero-order valence-corrected chi connectivity index (χ0v) is 17.2. The average molecular weight is 373 g/mol. The van der Waals surface area contributed by atoms with Crippen molar-refractivity contribution in [2.75, 3.05) is 18.8 Å². The molecule has 1 amide bonds. The van der Waals surface area contributed by atoms with Crippen LogP contribution in [0.3, 0.4) is 0 Å². The van der Waals surface area contributed by atoms with E-state index in [2.05, 4.69) is 26.1 Å². The van der Waals surface area contributed by atoms with Crippen molar-refractivity contribution >= 4 is 15.9 Å². The Hall–Kier alpha value is -0.620. The molecule has 1 saturated heterocycles. The molecular weight excluding hydrogens is 336 g/mol. The van der Waals surface area contributed by atoms with Gasteiger partial charge in [0.15, 0.2) is 0 Å². The summed E-state index contributed by atoms with van der Waals surface area (Å²) in [6.45, 7) is 9.60. The van der Waals surface area contributed by atoms with Gasteiger partial charge in [0, 0.05) is 25.0 Å². The zero-order chi connectivity index (χ0) is 18.7. The zero-order valence-electron chi connectivity index (χ0n) is 16.4. The Morgan fingerprint density at radius 1 is 1.04 bits per heavy atom. The molecule has 2 aliphatic rings. The van der Waals surface area contributed by atoms with Crippen LogP contribution in [0.2, 0.25) is 0 Å².